The zero-order valence-corrected chi connectivity index (χ0v) is 11.1. The number of hydrogen-bond acceptors (Lipinski definition) is 2. The normalized spacial score (nSPS) is 24.3. The summed E-state index contributed by atoms with van der Waals surface area (Å²) in [6, 6.07) is 9.09. The highest BCUT2D eigenvalue weighted by Crippen LogP contribution is 2.37. The topological polar surface area (TPSA) is 55.1 Å². The molecular formula is C15H22N2O. The van der Waals surface area contributed by atoms with E-state index < -0.39 is 0 Å². The second-order valence-corrected chi connectivity index (χ2v) is 5.40. The van der Waals surface area contributed by atoms with Crippen LogP contribution in [0, 0.1) is 0 Å². The molecule has 0 saturated heterocycles. The molecule has 3 unspecified atom stereocenters. The van der Waals surface area contributed by atoms with Crippen LogP contribution in [-0.4, -0.2) is 11.9 Å². The van der Waals surface area contributed by atoms with Crippen molar-refractivity contribution in [3.8, 4) is 0 Å². The summed E-state index contributed by atoms with van der Waals surface area (Å²) in [5, 5.41) is 3.53. The smallest absolute Gasteiger partial charge is 0.218 e. The molecule has 0 radical (unpaired) electrons. The van der Waals surface area contributed by atoms with Gasteiger partial charge in [0.25, 0.3) is 0 Å². The van der Waals surface area contributed by atoms with Crippen LogP contribution in [0.1, 0.15) is 56.2 Å². The SMILES string of the molecule is CC(CC(N)=O)NC1CCC(C)c2ccccc21. The number of nitrogens with one attached hydrogen (secondary N) is 1. The molecule has 1 aromatic rings. The Kier molecular flexibility index (Phi) is 4.02. The highest BCUT2D eigenvalue weighted by Gasteiger charge is 2.25. The molecule has 3 heteroatoms. The van der Waals surface area contributed by atoms with Gasteiger partial charge in [0.2, 0.25) is 5.91 Å². The van der Waals surface area contributed by atoms with Gasteiger partial charge in [0.1, 0.15) is 0 Å². The molecule has 1 aliphatic rings. The van der Waals surface area contributed by atoms with E-state index in [1.165, 1.54) is 17.5 Å². The van der Waals surface area contributed by atoms with Crippen molar-refractivity contribution in [1.29, 1.82) is 0 Å². The Morgan fingerprint density at radius 1 is 1.39 bits per heavy atom. The Morgan fingerprint density at radius 3 is 2.72 bits per heavy atom. The predicted molar refractivity (Wildman–Crippen MR) is 73.2 cm³/mol. The van der Waals surface area contributed by atoms with Crippen molar-refractivity contribution in [2.24, 2.45) is 5.73 Å². The molecule has 1 amide bonds. The molecule has 2 rings (SSSR count). The van der Waals surface area contributed by atoms with Crippen LogP contribution in [0.4, 0.5) is 0 Å². The first-order valence-electron chi connectivity index (χ1n) is 6.71. The van der Waals surface area contributed by atoms with Gasteiger partial charge in [0.05, 0.1) is 0 Å². The molecule has 0 heterocycles. The molecule has 1 aliphatic carbocycles. The molecular weight excluding hydrogens is 224 g/mol. The molecule has 3 N–H and O–H groups in total. The molecule has 3 nitrogen and oxygen atoms in total. The van der Waals surface area contributed by atoms with E-state index >= 15 is 0 Å². The molecule has 98 valence electrons. The van der Waals surface area contributed by atoms with Crippen molar-refractivity contribution < 1.29 is 4.79 Å². The second-order valence-electron chi connectivity index (χ2n) is 5.40. The summed E-state index contributed by atoms with van der Waals surface area (Å²) in [6.07, 6.45) is 2.72. The van der Waals surface area contributed by atoms with E-state index in [9.17, 15) is 4.79 Å². The summed E-state index contributed by atoms with van der Waals surface area (Å²) in [7, 11) is 0. The van der Waals surface area contributed by atoms with E-state index in [1.807, 2.05) is 6.92 Å². The van der Waals surface area contributed by atoms with Crippen molar-refractivity contribution in [2.45, 2.75) is 51.1 Å². The number of nitrogens with two attached hydrogens (primary N) is 1. The van der Waals surface area contributed by atoms with Crippen molar-refractivity contribution in [3.63, 3.8) is 0 Å². The average Bonchev–Trinajstić information content (AvgIpc) is 2.32. The number of rotatable bonds is 4. The number of fused-ring (bicyclic) bond motifs is 1. The van der Waals surface area contributed by atoms with Crippen LogP contribution >= 0.6 is 0 Å². The molecule has 18 heavy (non-hydrogen) atoms. The fourth-order valence-electron chi connectivity index (χ4n) is 2.88. The van der Waals surface area contributed by atoms with Crippen molar-refractivity contribution in [1.82, 2.24) is 5.32 Å². The van der Waals surface area contributed by atoms with Gasteiger partial charge in [0, 0.05) is 18.5 Å². The second kappa shape index (κ2) is 5.53. The number of hydrogen-bond donors (Lipinski definition) is 2. The Labute approximate surface area is 109 Å². The third kappa shape index (κ3) is 2.91. The molecule has 0 aromatic heterocycles. The van der Waals surface area contributed by atoms with E-state index in [-0.39, 0.29) is 11.9 Å². The Hall–Kier alpha value is -1.35. The lowest BCUT2D eigenvalue weighted by Crippen LogP contribution is -2.35. The highest BCUT2D eigenvalue weighted by atomic mass is 16.1. The molecule has 0 bridgehead atoms. The maximum atomic E-state index is 10.9. The first-order chi connectivity index (χ1) is 8.58. The van der Waals surface area contributed by atoms with Gasteiger partial charge in [-0.15, -0.1) is 0 Å². The minimum absolute atomic E-state index is 0.133. The van der Waals surface area contributed by atoms with Gasteiger partial charge < -0.3 is 11.1 Å². The lowest BCUT2D eigenvalue weighted by molar-refractivity contribution is -0.118. The molecule has 0 fully saturated rings. The maximum absolute atomic E-state index is 10.9. The summed E-state index contributed by atoms with van der Waals surface area (Å²) in [5.74, 6) is 0.387. The number of amides is 1. The van der Waals surface area contributed by atoms with E-state index in [2.05, 4.69) is 36.5 Å². The summed E-state index contributed by atoms with van der Waals surface area (Å²) >= 11 is 0. The highest BCUT2D eigenvalue weighted by molar-refractivity contribution is 5.74. The lowest BCUT2D eigenvalue weighted by Gasteiger charge is -2.32. The van der Waals surface area contributed by atoms with Crippen LogP contribution in [0.2, 0.25) is 0 Å². The molecule has 3 atom stereocenters. The quantitative estimate of drug-likeness (QED) is 0.857. The Bertz CT molecular complexity index is 430. The minimum Gasteiger partial charge on any atom is -0.370 e. The zero-order chi connectivity index (χ0) is 13.1. The van der Waals surface area contributed by atoms with Crippen molar-refractivity contribution in [3.05, 3.63) is 35.4 Å². The number of benzene rings is 1. The number of primary amides is 1. The van der Waals surface area contributed by atoms with Gasteiger partial charge in [-0.25, -0.2) is 0 Å². The molecule has 0 saturated carbocycles. The summed E-state index contributed by atoms with van der Waals surface area (Å²) < 4.78 is 0. The maximum Gasteiger partial charge on any atom is 0.218 e. The average molecular weight is 246 g/mol. The van der Waals surface area contributed by atoms with E-state index in [0.717, 1.165) is 6.42 Å². The van der Waals surface area contributed by atoms with Gasteiger partial charge in [-0.05, 0) is 36.8 Å². The lowest BCUT2D eigenvalue weighted by atomic mass is 9.81. The van der Waals surface area contributed by atoms with Gasteiger partial charge in [-0.2, -0.15) is 0 Å². The third-order valence-corrected chi connectivity index (χ3v) is 3.78. The fraction of sp³-hybridized carbons (Fsp3) is 0.533. The number of carbonyl (C=O) groups is 1. The first kappa shape index (κ1) is 13.1. The largest absolute Gasteiger partial charge is 0.370 e. The summed E-state index contributed by atoms with van der Waals surface area (Å²) in [6.45, 7) is 4.30. The molecule has 0 spiro atoms. The molecule has 0 aliphatic heterocycles. The van der Waals surface area contributed by atoms with Crippen LogP contribution in [0.15, 0.2) is 24.3 Å². The van der Waals surface area contributed by atoms with Gasteiger partial charge in [0.15, 0.2) is 0 Å². The van der Waals surface area contributed by atoms with Crippen molar-refractivity contribution >= 4 is 5.91 Å². The van der Waals surface area contributed by atoms with Crippen LogP contribution < -0.4 is 11.1 Å². The van der Waals surface area contributed by atoms with Gasteiger partial charge in [-0.3, -0.25) is 4.79 Å². The summed E-state index contributed by atoms with van der Waals surface area (Å²) in [4.78, 5) is 10.9. The molecule has 1 aromatic carbocycles. The minimum atomic E-state index is -0.243. The van der Waals surface area contributed by atoms with Crippen LogP contribution in [-0.2, 0) is 4.79 Å². The van der Waals surface area contributed by atoms with Crippen LogP contribution in [0.3, 0.4) is 0 Å². The number of carbonyl (C=O) groups excluding carboxylic acids is 1. The monoisotopic (exact) mass is 246 g/mol. The van der Waals surface area contributed by atoms with Crippen LogP contribution in [0.5, 0.6) is 0 Å². The fourth-order valence-corrected chi connectivity index (χ4v) is 2.88. The van der Waals surface area contributed by atoms with Gasteiger partial charge in [-0.1, -0.05) is 31.2 Å². The first-order valence-corrected chi connectivity index (χ1v) is 6.71. The van der Waals surface area contributed by atoms with E-state index in [1.54, 1.807) is 0 Å². The summed E-state index contributed by atoms with van der Waals surface area (Å²) in [5.41, 5.74) is 8.06. The van der Waals surface area contributed by atoms with E-state index in [0.29, 0.717) is 18.4 Å². The van der Waals surface area contributed by atoms with Gasteiger partial charge >= 0.3 is 0 Å². The third-order valence-electron chi connectivity index (χ3n) is 3.78. The standard InChI is InChI=1S/C15H22N2O/c1-10-7-8-14(17-11(2)9-15(16)18)13-6-4-3-5-12(10)13/h3-6,10-11,14,17H,7-9H2,1-2H3,(H2,16,18). The van der Waals surface area contributed by atoms with E-state index in [4.69, 9.17) is 5.73 Å². The van der Waals surface area contributed by atoms with Crippen molar-refractivity contribution in [2.75, 3.05) is 0 Å². The Balaban J connectivity index is 2.11. The Morgan fingerprint density at radius 2 is 2.06 bits per heavy atom. The van der Waals surface area contributed by atoms with Crippen LogP contribution in [0.25, 0.3) is 0 Å². The zero-order valence-electron chi connectivity index (χ0n) is 11.1. The predicted octanol–water partition coefficient (Wildman–Crippen LogP) is 2.48.